The van der Waals surface area contributed by atoms with Gasteiger partial charge in [-0.05, 0) is 30.9 Å². The van der Waals surface area contributed by atoms with Gasteiger partial charge in [-0.25, -0.2) is 19.3 Å². The number of nitrogens with one attached hydrogen (secondary N) is 1. The maximum Gasteiger partial charge on any atom is 0.404 e. The minimum Gasteiger partial charge on any atom is -0.465 e. The van der Waals surface area contributed by atoms with Crippen molar-refractivity contribution in [2.45, 2.75) is 12.8 Å². The monoisotopic (exact) mass is 457 g/mol. The smallest absolute Gasteiger partial charge is 0.404 e. The molecule has 172 valence electrons. The first kappa shape index (κ1) is 21.4. The predicted molar refractivity (Wildman–Crippen MR) is 124 cm³/mol. The van der Waals surface area contributed by atoms with E-state index in [1.54, 1.807) is 27.8 Å². The highest BCUT2D eigenvalue weighted by atomic mass is 16.4. The lowest BCUT2D eigenvalue weighted by Crippen LogP contribution is -2.41. The molecular formula is C23H23N9O2. The Kier molecular flexibility index (Phi) is 5.55. The second-order valence-corrected chi connectivity index (χ2v) is 8.39. The molecule has 1 atom stereocenters. The Bertz CT molecular complexity index is 1380. The molecule has 1 unspecified atom stereocenters. The molecular weight excluding hydrogens is 434 g/mol. The first-order valence-corrected chi connectivity index (χ1v) is 11.0. The van der Waals surface area contributed by atoms with Gasteiger partial charge in [0.05, 0.1) is 30.0 Å². The van der Waals surface area contributed by atoms with Crippen LogP contribution in [0.25, 0.3) is 28.0 Å². The number of amides is 1. The average Bonchev–Trinajstić information content (AvgIpc) is 3.48. The van der Waals surface area contributed by atoms with Gasteiger partial charge >= 0.3 is 6.09 Å². The van der Waals surface area contributed by atoms with E-state index in [2.05, 4.69) is 31.5 Å². The fourth-order valence-corrected chi connectivity index (χ4v) is 4.37. The second-order valence-electron chi connectivity index (χ2n) is 8.39. The molecule has 0 radical (unpaired) electrons. The molecule has 1 amide bonds. The molecule has 11 nitrogen and oxygen atoms in total. The van der Waals surface area contributed by atoms with Gasteiger partial charge < -0.3 is 15.3 Å². The largest absolute Gasteiger partial charge is 0.465 e. The van der Waals surface area contributed by atoms with Crippen molar-refractivity contribution in [3.63, 3.8) is 0 Å². The molecule has 0 aliphatic carbocycles. The van der Waals surface area contributed by atoms with Crippen LogP contribution >= 0.6 is 0 Å². The van der Waals surface area contributed by atoms with Crippen LogP contribution in [0.5, 0.6) is 0 Å². The molecule has 0 spiro atoms. The molecule has 34 heavy (non-hydrogen) atoms. The average molecular weight is 457 g/mol. The van der Waals surface area contributed by atoms with Crippen molar-refractivity contribution in [3.05, 3.63) is 48.7 Å². The van der Waals surface area contributed by atoms with Crippen molar-refractivity contribution in [3.8, 4) is 28.6 Å². The summed E-state index contributed by atoms with van der Waals surface area (Å²) in [4.78, 5) is 22.5. The van der Waals surface area contributed by atoms with Crippen molar-refractivity contribution in [2.75, 3.05) is 24.5 Å². The molecule has 1 saturated heterocycles. The van der Waals surface area contributed by atoms with Crippen LogP contribution in [-0.2, 0) is 7.05 Å². The van der Waals surface area contributed by atoms with Crippen LogP contribution < -0.4 is 10.2 Å². The summed E-state index contributed by atoms with van der Waals surface area (Å²) in [6.07, 6.45) is 9.66. The Morgan fingerprint density at radius 1 is 1.24 bits per heavy atom. The van der Waals surface area contributed by atoms with Gasteiger partial charge in [0.1, 0.15) is 23.0 Å². The van der Waals surface area contributed by atoms with Crippen LogP contribution in [0, 0.1) is 17.2 Å². The minimum absolute atomic E-state index is 0.244. The fraction of sp³-hybridized carbons (Fsp3) is 0.304. The normalized spacial score (nSPS) is 15.9. The number of anilines is 1. The summed E-state index contributed by atoms with van der Waals surface area (Å²) in [5, 5.41) is 29.5. The molecule has 0 aromatic carbocycles. The van der Waals surface area contributed by atoms with Gasteiger partial charge in [0.15, 0.2) is 0 Å². The van der Waals surface area contributed by atoms with E-state index in [0.29, 0.717) is 29.0 Å². The third-order valence-corrected chi connectivity index (χ3v) is 6.02. The third kappa shape index (κ3) is 4.13. The summed E-state index contributed by atoms with van der Waals surface area (Å²) >= 11 is 0. The first-order valence-electron chi connectivity index (χ1n) is 11.0. The van der Waals surface area contributed by atoms with Crippen molar-refractivity contribution in [2.24, 2.45) is 13.0 Å². The van der Waals surface area contributed by atoms with E-state index in [1.807, 2.05) is 25.4 Å². The number of carbonyl (C=O) groups is 1. The predicted octanol–water partition coefficient (Wildman–Crippen LogP) is 2.55. The van der Waals surface area contributed by atoms with Crippen LogP contribution in [0.2, 0.25) is 0 Å². The van der Waals surface area contributed by atoms with E-state index in [9.17, 15) is 10.1 Å². The highest BCUT2D eigenvalue weighted by molar-refractivity contribution is 5.83. The molecule has 11 heteroatoms. The summed E-state index contributed by atoms with van der Waals surface area (Å²) < 4.78 is 3.38. The number of nitrogens with zero attached hydrogens (tertiary/aromatic N) is 8. The zero-order valence-corrected chi connectivity index (χ0v) is 18.6. The van der Waals surface area contributed by atoms with E-state index in [-0.39, 0.29) is 5.92 Å². The molecule has 4 aromatic rings. The van der Waals surface area contributed by atoms with E-state index < -0.39 is 6.09 Å². The Hall–Kier alpha value is -4.46. The molecule has 0 bridgehead atoms. The van der Waals surface area contributed by atoms with Crippen LogP contribution in [0.4, 0.5) is 10.6 Å². The molecule has 1 aliphatic rings. The molecule has 2 N–H and O–H groups in total. The SMILES string of the molecule is Cn1cc(-c2cn3ncc(C#N)c3c(-c3ccc(N4CCCC(CNC(=O)O)C4)nc3)n2)cn1. The van der Waals surface area contributed by atoms with E-state index in [4.69, 9.17) is 10.1 Å². The van der Waals surface area contributed by atoms with Crippen molar-refractivity contribution < 1.29 is 9.90 Å². The summed E-state index contributed by atoms with van der Waals surface area (Å²) in [5.74, 6) is 1.07. The van der Waals surface area contributed by atoms with Gasteiger partial charge in [-0.3, -0.25) is 4.68 Å². The Morgan fingerprint density at radius 2 is 2.12 bits per heavy atom. The summed E-state index contributed by atoms with van der Waals surface area (Å²) in [6.45, 7) is 2.05. The van der Waals surface area contributed by atoms with Crippen molar-refractivity contribution >= 4 is 17.4 Å². The Labute approximate surface area is 195 Å². The minimum atomic E-state index is -0.997. The standard InChI is InChI=1S/C23H23N9O2/c1-30-13-18(11-27-30)19-14-32-22(17(7-24)10-28-32)21(29-19)16-4-5-20(25-9-16)31-6-2-3-15(12-31)8-26-23(33)34/h4-5,9-11,13-15,26H,2-3,6,8,12H2,1H3,(H,33,34). The Morgan fingerprint density at radius 3 is 2.82 bits per heavy atom. The van der Waals surface area contributed by atoms with Gasteiger partial charge in [0, 0.05) is 50.2 Å². The van der Waals surface area contributed by atoms with Crippen molar-refractivity contribution in [1.29, 1.82) is 5.26 Å². The highest BCUT2D eigenvalue weighted by Crippen LogP contribution is 2.30. The van der Waals surface area contributed by atoms with Crippen LogP contribution in [0.15, 0.2) is 43.1 Å². The van der Waals surface area contributed by atoms with E-state index in [1.165, 1.54) is 6.20 Å². The summed E-state index contributed by atoms with van der Waals surface area (Å²) in [5.41, 5.74) is 4.00. The Balaban J connectivity index is 1.47. The van der Waals surface area contributed by atoms with E-state index in [0.717, 1.165) is 42.9 Å². The zero-order chi connectivity index (χ0) is 23.7. The van der Waals surface area contributed by atoms with Gasteiger partial charge in [-0.15, -0.1) is 0 Å². The highest BCUT2D eigenvalue weighted by Gasteiger charge is 2.22. The van der Waals surface area contributed by atoms with Gasteiger partial charge in [-0.2, -0.15) is 15.5 Å². The van der Waals surface area contributed by atoms with E-state index >= 15 is 0 Å². The number of hydrogen-bond acceptors (Lipinski definition) is 7. The molecule has 5 heterocycles. The lowest BCUT2D eigenvalue weighted by molar-refractivity contribution is 0.191. The number of carboxylic acid groups (broad SMARTS) is 1. The number of aryl methyl sites for hydroxylation is 1. The number of fused-ring (bicyclic) bond motifs is 1. The summed E-state index contributed by atoms with van der Waals surface area (Å²) in [7, 11) is 1.84. The quantitative estimate of drug-likeness (QED) is 0.466. The van der Waals surface area contributed by atoms with Gasteiger partial charge in [0.2, 0.25) is 0 Å². The lowest BCUT2D eigenvalue weighted by atomic mass is 9.98. The number of hydrogen-bond donors (Lipinski definition) is 2. The van der Waals surface area contributed by atoms with Crippen LogP contribution in [0.3, 0.4) is 0 Å². The van der Waals surface area contributed by atoms with Crippen LogP contribution in [0.1, 0.15) is 18.4 Å². The zero-order valence-electron chi connectivity index (χ0n) is 18.6. The molecule has 1 aliphatic heterocycles. The summed E-state index contributed by atoms with van der Waals surface area (Å²) in [6, 6.07) is 6.09. The first-order chi connectivity index (χ1) is 16.5. The molecule has 1 fully saturated rings. The topological polar surface area (TPSA) is 137 Å². The number of rotatable bonds is 5. The van der Waals surface area contributed by atoms with Gasteiger partial charge in [-0.1, -0.05) is 0 Å². The fourth-order valence-electron chi connectivity index (χ4n) is 4.37. The number of pyridine rings is 1. The third-order valence-electron chi connectivity index (χ3n) is 6.02. The molecule has 4 aromatic heterocycles. The lowest BCUT2D eigenvalue weighted by Gasteiger charge is -2.33. The van der Waals surface area contributed by atoms with Crippen molar-refractivity contribution in [1.82, 2.24) is 34.7 Å². The number of nitriles is 1. The number of aromatic nitrogens is 6. The molecule has 0 saturated carbocycles. The maximum absolute atomic E-state index is 10.8. The van der Waals surface area contributed by atoms with Gasteiger partial charge in [0.25, 0.3) is 0 Å². The maximum atomic E-state index is 10.8. The molecule has 5 rings (SSSR count). The number of piperidine rings is 1. The van der Waals surface area contributed by atoms with Crippen LogP contribution in [-0.4, -0.2) is 60.2 Å². The second kappa shape index (κ2) is 8.82.